The normalized spacial score (nSPS) is 17.0. The first kappa shape index (κ1) is 14.5. The molecule has 3 nitrogen and oxygen atoms in total. The molecule has 104 valence electrons. The molecule has 1 aliphatic rings. The lowest BCUT2D eigenvalue weighted by Gasteiger charge is -2.21. The maximum atomic E-state index is 13.4. The molecule has 5 heteroatoms. The average Bonchev–Trinajstić information content (AvgIpc) is 2.77. The second-order valence-corrected chi connectivity index (χ2v) is 5.83. The maximum Gasteiger partial charge on any atom is 0.222 e. The molecule has 0 aliphatic carbocycles. The first-order valence-corrected chi connectivity index (χ1v) is 7.30. The van der Waals surface area contributed by atoms with Gasteiger partial charge in [-0.1, -0.05) is 6.07 Å². The van der Waals surface area contributed by atoms with Crippen LogP contribution in [0.3, 0.4) is 0 Å². The topological polar surface area (TPSA) is 32.3 Å². The van der Waals surface area contributed by atoms with Crippen molar-refractivity contribution in [2.45, 2.75) is 32.4 Å². The number of nitrogens with zero attached hydrogens (tertiary/aromatic N) is 1. The summed E-state index contributed by atoms with van der Waals surface area (Å²) in [5, 5.41) is 3.32. The third-order valence-corrected chi connectivity index (χ3v) is 3.95. The highest BCUT2D eigenvalue weighted by Crippen LogP contribution is 2.16. The van der Waals surface area contributed by atoms with Crippen molar-refractivity contribution in [3.8, 4) is 0 Å². The minimum atomic E-state index is -0.248. The van der Waals surface area contributed by atoms with Crippen molar-refractivity contribution in [3.63, 3.8) is 0 Å². The van der Waals surface area contributed by atoms with Crippen molar-refractivity contribution in [2.75, 3.05) is 13.1 Å². The molecule has 1 N–H and O–H groups in total. The van der Waals surface area contributed by atoms with Crippen molar-refractivity contribution in [2.24, 2.45) is 0 Å². The quantitative estimate of drug-likeness (QED) is 0.901. The van der Waals surface area contributed by atoms with E-state index in [-0.39, 0.29) is 17.8 Å². The summed E-state index contributed by atoms with van der Waals surface area (Å²) in [6.07, 6.45) is 1.63. The molecule has 1 aliphatic heterocycles. The molecule has 0 saturated carbocycles. The zero-order chi connectivity index (χ0) is 13.8. The lowest BCUT2D eigenvalue weighted by molar-refractivity contribution is -0.127. The Balaban J connectivity index is 1.81. The number of amides is 1. The Morgan fingerprint density at radius 2 is 2.32 bits per heavy atom. The number of nitrogens with one attached hydrogen (secondary N) is 1. The molecule has 1 atom stereocenters. The molecule has 1 heterocycles. The maximum absolute atomic E-state index is 13.4. The fourth-order valence-corrected chi connectivity index (χ4v) is 2.48. The smallest absolute Gasteiger partial charge is 0.222 e. The van der Waals surface area contributed by atoms with Crippen molar-refractivity contribution >= 4 is 21.8 Å². The molecule has 0 spiro atoms. The van der Waals surface area contributed by atoms with Crippen LogP contribution in [-0.2, 0) is 11.3 Å². The molecule has 0 aromatic heterocycles. The number of carbonyl (C=O) groups is 1. The van der Waals surface area contributed by atoms with Gasteiger partial charge < -0.3 is 10.2 Å². The third-order valence-electron chi connectivity index (χ3n) is 3.30. The average molecular weight is 329 g/mol. The van der Waals surface area contributed by atoms with Gasteiger partial charge in [-0.15, -0.1) is 0 Å². The predicted octanol–water partition coefficient (Wildman–Crippen LogP) is 2.69. The van der Waals surface area contributed by atoms with Gasteiger partial charge in [-0.2, -0.15) is 0 Å². The van der Waals surface area contributed by atoms with Gasteiger partial charge in [-0.05, 0) is 47.0 Å². The van der Waals surface area contributed by atoms with Crippen molar-refractivity contribution < 1.29 is 9.18 Å². The van der Waals surface area contributed by atoms with Crippen LogP contribution in [0.4, 0.5) is 4.39 Å². The Hall–Kier alpha value is -0.940. The van der Waals surface area contributed by atoms with Crippen LogP contribution in [0, 0.1) is 5.82 Å². The number of hydrogen-bond donors (Lipinski definition) is 1. The van der Waals surface area contributed by atoms with Gasteiger partial charge in [0, 0.05) is 32.1 Å². The Bertz CT molecular complexity index is 467. The van der Waals surface area contributed by atoms with Gasteiger partial charge in [-0.25, -0.2) is 4.39 Å². The van der Waals surface area contributed by atoms with Crippen LogP contribution in [0.5, 0.6) is 0 Å². The zero-order valence-corrected chi connectivity index (χ0v) is 12.5. The van der Waals surface area contributed by atoms with Crippen LogP contribution in [0.15, 0.2) is 22.7 Å². The molecule has 19 heavy (non-hydrogen) atoms. The highest BCUT2D eigenvalue weighted by molar-refractivity contribution is 9.10. The Kier molecular flexibility index (Phi) is 4.93. The van der Waals surface area contributed by atoms with Crippen LogP contribution in [0.25, 0.3) is 0 Å². The third kappa shape index (κ3) is 4.01. The Morgan fingerprint density at radius 3 is 2.95 bits per heavy atom. The van der Waals surface area contributed by atoms with Crippen LogP contribution in [0.1, 0.15) is 25.3 Å². The van der Waals surface area contributed by atoms with Gasteiger partial charge in [0.1, 0.15) is 5.82 Å². The molecule has 0 radical (unpaired) electrons. The van der Waals surface area contributed by atoms with E-state index >= 15 is 0 Å². The SMILES string of the molecule is CC(CN1CCCC1=O)NCc1ccc(Br)c(F)c1. The van der Waals surface area contributed by atoms with E-state index in [0.717, 1.165) is 25.1 Å². The minimum absolute atomic E-state index is 0.203. The molecule has 1 saturated heterocycles. The number of benzene rings is 1. The van der Waals surface area contributed by atoms with Gasteiger partial charge in [-0.3, -0.25) is 4.79 Å². The number of halogens is 2. The Morgan fingerprint density at radius 1 is 1.53 bits per heavy atom. The molecule has 1 fully saturated rings. The summed E-state index contributed by atoms with van der Waals surface area (Å²) in [7, 11) is 0. The standard InChI is InChI=1S/C14H18BrFN2O/c1-10(9-18-6-2-3-14(18)19)17-8-11-4-5-12(15)13(16)7-11/h4-5,7,10,17H,2-3,6,8-9H2,1H3. The Labute approximate surface area is 121 Å². The van der Waals surface area contributed by atoms with E-state index < -0.39 is 0 Å². The lowest BCUT2D eigenvalue weighted by Crippen LogP contribution is -2.39. The van der Waals surface area contributed by atoms with E-state index in [1.807, 2.05) is 17.9 Å². The summed E-state index contributed by atoms with van der Waals surface area (Å²) in [6, 6.07) is 5.31. The van der Waals surface area contributed by atoms with Crippen LogP contribution >= 0.6 is 15.9 Å². The van der Waals surface area contributed by atoms with E-state index in [1.165, 1.54) is 6.07 Å². The summed E-state index contributed by atoms with van der Waals surface area (Å²) in [4.78, 5) is 13.4. The molecule has 1 aromatic rings. The largest absolute Gasteiger partial charge is 0.341 e. The summed E-state index contributed by atoms with van der Waals surface area (Å²) in [5.41, 5.74) is 0.903. The minimum Gasteiger partial charge on any atom is -0.341 e. The molecule has 1 aromatic carbocycles. The highest BCUT2D eigenvalue weighted by Gasteiger charge is 2.21. The molecule has 0 bridgehead atoms. The zero-order valence-electron chi connectivity index (χ0n) is 11.0. The van der Waals surface area contributed by atoms with Gasteiger partial charge in [0.15, 0.2) is 0 Å². The van der Waals surface area contributed by atoms with Crippen LogP contribution in [-0.4, -0.2) is 29.9 Å². The first-order chi connectivity index (χ1) is 9.06. The number of rotatable bonds is 5. The van der Waals surface area contributed by atoms with Gasteiger partial charge in [0.05, 0.1) is 4.47 Å². The molecule has 2 rings (SSSR count). The molecular weight excluding hydrogens is 311 g/mol. The van der Waals surface area contributed by atoms with Gasteiger partial charge >= 0.3 is 0 Å². The number of hydrogen-bond acceptors (Lipinski definition) is 2. The summed E-state index contributed by atoms with van der Waals surface area (Å²) in [6.45, 7) is 4.23. The van der Waals surface area contributed by atoms with Gasteiger partial charge in [0.2, 0.25) is 5.91 Å². The van der Waals surface area contributed by atoms with E-state index in [9.17, 15) is 9.18 Å². The summed E-state index contributed by atoms with van der Waals surface area (Å²) in [5.74, 6) is -0.00925. The molecule has 1 amide bonds. The van der Waals surface area contributed by atoms with Crippen molar-refractivity contribution in [3.05, 3.63) is 34.1 Å². The summed E-state index contributed by atoms with van der Waals surface area (Å²) >= 11 is 3.13. The lowest BCUT2D eigenvalue weighted by atomic mass is 10.2. The predicted molar refractivity (Wildman–Crippen MR) is 76.2 cm³/mol. The van der Waals surface area contributed by atoms with Crippen LogP contribution in [0.2, 0.25) is 0 Å². The highest BCUT2D eigenvalue weighted by atomic mass is 79.9. The van der Waals surface area contributed by atoms with E-state index in [0.29, 0.717) is 17.4 Å². The van der Waals surface area contributed by atoms with Crippen LogP contribution < -0.4 is 5.32 Å². The summed E-state index contributed by atoms with van der Waals surface area (Å²) < 4.78 is 13.8. The monoisotopic (exact) mass is 328 g/mol. The number of carbonyl (C=O) groups excluding carboxylic acids is 1. The van der Waals surface area contributed by atoms with E-state index in [2.05, 4.69) is 21.2 Å². The van der Waals surface area contributed by atoms with E-state index in [4.69, 9.17) is 0 Å². The van der Waals surface area contributed by atoms with E-state index in [1.54, 1.807) is 6.07 Å². The number of likely N-dealkylation sites (tertiary alicyclic amines) is 1. The molecule has 1 unspecified atom stereocenters. The van der Waals surface area contributed by atoms with Crippen molar-refractivity contribution in [1.29, 1.82) is 0 Å². The first-order valence-electron chi connectivity index (χ1n) is 6.51. The fraction of sp³-hybridized carbons (Fsp3) is 0.500. The molecular formula is C14H18BrFN2O. The fourth-order valence-electron chi connectivity index (χ4n) is 2.23. The van der Waals surface area contributed by atoms with Gasteiger partial charge in [0.25, 0.3) is 0 Å². The second-order valence-electron chi connectivity index (χ2n) is 4.97. The van der Waals surface area contributed by atoms with Crippen molar-refractivity contribution in [1.82, 2.24) is 10.2 Å². The second kappa shape index (κ2) is 6.48.